The Labute approximate surface area is 111 Å². The van der Waals surface area contributed by atoms with Crippen LogP contribution < -0.4 is 0 Å². The second-order valence-electron chi connectivity index (χ2n) is 5.06. The maximum Gasteiger partial charge on any atom is 0.305 e. The fraction of sp³-hybridized carbons (Fsp3) is 0.917. The van der Waals surface area contributed by atoms with Gasteiger partial charge in [0.15, 0.2) is 0 Å². The summed E-state index contributed by atoms with van der Waals surface area (Å²) in [4.78, 5) is 22.2. The molecule has 2 fully saturated rings. The quantitative estimate of drug-likeness (QED) is 0.433. The zero-order chi connectivity index (χ0) is 14.0. The molecule has 0 aromatic heterocycles. The molecule has 0 aromatic carbocycles. The third-order valence-corrected chi connectivity index (χ3v) is 3.93. The lowest BCUT2D eigenvalue weighted by Gasteiger charge is -2.34. The second-order valence-corrected chi connectivity index (χ2v) is 5.06. The summed E-state index contributed by atoms with van der Waals surface area (Å²) >= 11 is 0. The molecule has 19 heavy (non-hydrogen) atoms. The lowest BCUT2D eigenvalue weighted by atomic mass is 9.78. The summed E-state index contributed by atoms with van der Waals surface area (Å²) < 4.78 is 16.0. The third kappa shape index (κ3) is 3.03. The topological polar surface area (TPSA) is 87.9 Å². The van der Waals surface area contributed by atoms with Crippen molar-refractivity contribution in [3.8, 4) is 0 Å². The van der Waals surface area contributed by atoms with E-state index in [0.717, 1.165) is 0 Å². The highest BCUT2D eigenvalue weighted by Gasteiger charge is 2.49. The largest absolute Gasteiger partial charge is 0.462 e. The van der Waals surface area contributed by atoms with Gasteiger partial charge in [-0.1, -0.05) is 6.92 Å². The zero-order valence-corrected chi connectivity index (χ0v) is 11.1. The monoisotopic (exact) mass is 273 g/mol. The van der Waals surface area contributed by atoms with E-state index in [-0.39, 0.29) is 42.2 Å². The van der Waals surface area contributed by atoms with Crippen LogP contribution in [0.2, 0.25) is 0 Å². The Balaban J connectivity index is 2.06. The molecule has 1 aliphatic heterocycles. The molecule has 2 rings (SSSR count). The van der Waals surface area contributed by atoms with E-state index < -0.39 is 12.1 Å². The van der Waals surface area contributed by atoms with Crippen LogP contribution in [-0.2, 0) is 19.0 Å². The average molecular weight is 273 g/mol. The van der Waals surface area contributed by atoms with Gasteiger partial charge in [0, 0.05) is 17.8 Å². The van der Waals surface area contributed by atoms with E-state index in [9.17, 15) is 14.9 Å². The maximum absolute atomic E-state index is 11.3. The molecular formula is C12H19NO6. The van der Waals surface area contributed by atoms with Crippen LogP contribution in [-0.4, -0.2) is 42.0 Å². The first-order valence-electron chi connectivity index (χ1n) is 6.59. The van der Waals surface area contributed by atoms with Crippen molar-refractivity contribution in [2.24, 2.45) is 5.92 Å². The van der Waals surface area contributed by atoms with Gasteiger partial charge in [-0.25, -0.2) is 0 Å². The van der Waals surface area contributed by atoms with Gasteiger partial charge in [-0.3, -0.25) is 14.9 Å². The molecule has 0 spiro atoms. The van der Waals surface area contributed by atoms with Crippen LogP contribution in [0.3, 0.4) is 0 Å². The number of nitro groups is 1. The van der Waals surface area contributed by atoms with Gasteiger partial charge in [0.05, 0.1) is 18.1 Å². The molecule has 0 N–H and O–H groups in total. The van der Waals surface area contributed by atoms with E-state index in [1.165, 1.54) is 0 Å². The van der Waals surface area contributed by atoms with Gasteiger partial charge < -0.3 is 14.2 Å². The molecule has 1 aliphatic carbocycles. The van der Waals surface area contributed by atoms with Crippen molar-refractivity contribution in [3.63, 3.8) is 0 Å². The molecule has 1 saturated heterocycles. The summed E-state index contributed by atoms with van der Waals surface area (Å²) in [5.74, 6) is -0.659. The SMILES string of the molecule is CCC(=O)OC(C)C1CC2OCOC2CC1[N+](=O)[O-]. The highest BCUT2D eigenvalue weighted by atomic mass is 16.7. The Morgan fingerprint density at radius 3 is 2.63 bits per heavy atom. The van der Waals surface area contributed by atoms with Crippen molar-refractivity contribution in [1.29, 1.82) is 0 Å². The van der Waals surface area contributed by atoms with E-state index in [2.05, 4.69) is 0 Å². The molecule has 108 valence electrons. The minimum absolute atomic E-state index is 0.121. The Bertz CT molecular complexity index is 360. The maximum atomic E-state index is 11.3. The fourth-order valence-electron chi connectivity index (χ4n) is 2.83. The number of nitrogens with zero attached hydrogens (tertiary/aromatic N) is 1. The molecule has 0 aromatic rings. The summed E-state index contributed by atoms with van der Waals surface area (Å²) in [6, 6.07) is -0.748. The highest BCUT2D eigenvalue weighted by molar-refractivity contribution is 5.69. The summed E-state index contributed by atoms with van der Waals surface area (Å²) in [6.07, 6.45) is 0.272. The average Bonchev–Trinajstić information content (AvgIpc) is 2.83. The van der Waals surface area contributed by atoms with Gasteiger partial charge in [-0.2, -0.15) is 0 Å². The third-order valence-electron chi connectivity index (χ3n) is 3.93. The van der Waals surface area contributed by atoms with Gasteiger partial charge in [-0.05, 0) is 13.3 Å². The van der Waals surface area contributed by atoms with Gasteiger partial charge in [0.25, 0.3) is 0 Å². The van der Waals surface area contributed by atoms with Gasteiger partial charge in [-0.15, -0.1) is 0 Å². The van der Waals surface area contributed by atoms with Gasteiger partial charge >= 0.3 is 5.97 Å². The number of carbonyl (C=O) groups excluding carboxylic acids is 1. The molecule has 5 atom stereocenters. The Hall–Kier alpha value is -1.21. The summed E-state index contributed by atoms with van der Waals surface area (Å²) in [5.41, 5.74) is 0. The number of hydrogen-bond donors (Lipinski definition) is 0. The van der Waals surface area contributed by atoms with Crippen molar-refractivity contribution in [1.82, 2.24) is 0 Å². The number of ether oxygens (including phenoxy) is 3. The number of fused-ring (bicyclic) bond motifs is 1. The molecule has 5 unspecified atom stereocenters. The van der Waals surface area contributed by atoms with E-state index in [0.29, 0.717) is 12.8 Å². The van der Waals surface area contributed by atoms with Crippen LogP contribution in [0.5, 0.6) is 0 Å². The van der Waals surface area contributed by atoms with Crippen molar-refractivity contribution in [2.75, 3.05) is 6.79 Å². The van der Waals surface area contributed by atoms with Gasteiger partial charge in [0.2, 0.25) is 6.04 Å². The van der Waals surface area contributed by atoms with Crippen molar-refractivity contribution >= 4 is 5.97 Å². The fourth-order valence-corrected chi connectivity index (χ4v) is 2.83. The predicted octanol–water partition coefficient (Wildman–Crippen LogP) is 1.12. The lowest BCUT2D eigenvalue weighted by Crippen LogP contribution is -2.48. The van der Waals surface area contributed by atoms with Crippen molar-refractivity contribution < 1.29 is 23.9 Å². The van der Waals surface area contributed by atoms with Crippen LogP contribution in [0.1, 0.15) is 33.1 Å². The number of hydrogen-bond acceptors (Lipinski definition) is 6. The molecule has 0 bridgehead atoms. The first-order chi connectivity index (χ1) is 9.02. The second kappa shape index (κ2) is 5.83. The highest BCUT2D eigenvalue weighted by Crippen LogP contribution is 2.36. The molecule has 1 heterocycles. The van der Waals surface area contributed by atoms with Crippen LogP contribution >= 0.6 is 0 Å². The first kappa shape index (κ1) is 14.2. The van der Waals surface area contributed by atoms with E-state index >= 15 is 0 Å². The van der Waals surface area contributed by atoms with Crippen molar-refractivity contribution in [3.05, 3.63) is 10.1 Å². The molecule has 7 nitrogen and oxygen atoms in total. The molecule has 2 aliphatic rings. The smallest absolute Gasteiger partial charge is 0.305 e. The molecule has 0 radical (unpaired) electrons. The minimum atomic E-state index is -0.748. The Kier molecular flexibility index (Phi) is 4.36. The zero-order valence-electron chi connectivity index (χ0n) is 11.1. The molecule has 1 saturated carbocycles. The van der Waals surface area contributed by atoms with Gasteiger partial charge in [0.1, 0.15) is 12.9 Å². The lowest BCUT2D eigenvalue weighted by molar-refractivity contribution is -0.540. The van der Waals surface area contributed by atoms with Crippen LogP contribution in [0.15, 0.2) is 0 Å². The number of carbonyl (C=O) groups is 1. The van der Waals surface area contributed by atoms with Crippen molar-refractivity contribution in [2.45, 2.75) is 57.5 Å². The van der Waals surface area contributed by atoms with E-state index in [4.69, 9.17) is 14.2 Å². The minimum Gasteiger partial charge on any atom is -0.462 e. The summed E-state index contributed by atoms with van der Waals surface area (Å²) in [5, 5.41) is 11.2. The van der Waals surface area contributed by atoms with Crippen LogP contribution in [0, 0.1) is 16.0 Å². The normalized spacial score (nSPS) is 35.5. The number of esters is 1. The van der Waals surface area contributed by atoms with Crippen LogP contribution in [0.25, 0.3) is 0 Å². The summed E-state index contributed by atoms with van der Waals surface area (Å²) in [6.45, 7) is 3.60. The Morgan fingerprint density at radius 2 is 2.05 bits per heavy atom. The molecular weight excluding hydrogens is 254 g/mol. The summed E-state index contributed by atoms with van der Waals surface area (Å²) in [7, 11) is 0. The molecule has 0 amide bonds. The predicted molar refractivity (Wildman–Crippen MR) is 64.0 cm³/mol. The standard InChI is InChI=1S/C12H19NO6/c1-3-12(14)19-7(2)8-4-10-11(18-6-17-10)5-9(8)13(15)16/h7-11H,3-6H2,1-2H3. The Morgan fingerprint density at radius 1 is 1.42 bits per heavy atom. The molecule has 7 heteroatoms. The van der Waals surface area contributed by atoms with E-state index in [1.54, 1.807) is 13.8 Å². The van der Waals surface area contributed by atoms with Crippen LogP contribution in [0.4, 0.5) is 0 Å². The number of rotatable bonds is 4. The van der Waals surface area contributed by atoms with E-state index in [1.807, 2.05) is 0 Å². The first-order valence-corrected chi connectivity index (χ1v) is 6.59.